The highest BCUT2D eigenvalue weighted by molar-refractivity contribution is 6.09. The highest BCUT2D eigenvalue weighted by Crippen LogP contribution is 2.18. The maximum atomic E-state index is 12.5. The Balaban J connectivity index is 1.73. The fourth-order valence-electron chi connectivity index (χ4n) is 2.77. The van der Waals surface area contributed by atoms with Gasteiger partial charge in [-0.15, -0.1) is 0 Å². The molecule has 3 N–H and O–H groups in total. The number of hydrogen-bond acceptors (Lipinski definition) is 4. The minimum absolute atomic E-state index is 0.123. The third-order valence-corrected chi connectivity index (χ3v) is 4.17. The molecular formula is C19H21N3O3. The Bertz CT molecular complexity index is 753. The van der Waals surface area contributed by atoms with Crippen molar-refractivity contribution in [1.29, 1.82) is 0 Å². The van der Waals surface area contributed by atoms with Gasteiger partial charge in [-0.1, -0.05) is 12.1 Å². The summed E-state index contributed by atoms with van der Waals surface area (Å²) in [6, 6.07) is 13.9. The molecule has 0 saturated carbocycles. The van der Waals surface area contributed by atoms with E-state index in [1.807, 2.05) is 0 Å². The molecule has 1 heterocycles. The average molecular weight is 339 g/mol. The van der Waals surface area contributed by atoms with Crippen molar-refractivity contribution in [3.8, 4) is 5.75 Å². The van der Waals surface area contributed by atoms with Crippen LogP contribution in [0.1, 0.15) is 27.1 Å². The van der Waals surface area contributed by atoms with Crippen molar-refractivity contribution < 1.29 is 14.3 Å². The summed E-state index contributed by atoms with van der Waals surface area (Å²) in [5.41, 5.74) is 1.44. The highest BCUT2D eigenvalue weighted by Gasteiger charge is 2.20. The molecule has 6 heteroatoms. The molecule has 0 aromatic heterocycles. The molecule has 2 amide bonds. The summed E-state index contributed by atoms with van der Waals surface area (Å²) in [5.74, 6) is 0.228. The lowest BCUT2D eigenvalue weighted by atomic mass is 10.1. The molecule has 2 aromatic rings. The van der Waals surface area contributed by atoms with Crippen LogP contribution in [0.3, 0.4) is 0 Å². The van der Waals surface area contributed by atoms with Crippen molar-refractivity contribution in [2.24, 2.45) is 0 Å². The first-order valence-corrected chi connectivity index (χ1v) is 8.23. The molecule has 130 valence electrons. The van der Waals surface area contributed by atoms with Crippen LogP contribution in [0.15, 0.2) is 48.5 Å². The van der Waals surface area contributed by atoms with Crippen LogP contribution in [-0.2, 0) is 0 Å². The van der Waals surface area contributed by atoms with Gasteiger partial charge in [0.1, 0.15) is 5.75 Å². The summed E-state index contributed by atoms with van der Waals surface area (Å²) < 4.78 is 5.09. The summed E-state index contributed by atoms with van der Waals surface area (Å²) in [7, 11) is 1.57. The van der Waals surface area contributed by atoms with E-state index in [0.717, 1.165) is 19.5 Å². The van der Waals surface area contributed by atoms with Crippen LogP contribution in [0, 0.1) is 0 Å². The zero-order valence-corrected chi connectivity index (χ0v) is 14.0. The number of carbonyl (C=O) groups is 2. The molecule has 1 fully saturated rings. The van der Waals surface area contributed by atoms with Crippen molar-refractivity contribution in [3.05, 3.63) is 59.7 Å². The molecule has 0 spiro atoms. The zero-order chi connectivity index (χ0) is 17.6. The van der Waals surface area contributed by atoms with Crippen LogP contribution >= 0.6 is 0 Å². The second-order valence-electron chi connectivity index (χ2n) is 5.89. The summed E-state index contributed by atoms with van der Waals surface area (Å²) in [6.45, 7) is 1.67. The molecule has 2 aromatic carbocycles. The minimum atomic E-state index is -0.273. The van der Waals surface area contributed by atoms with Gasteiger partial charge in [-0.05, 0) is 49.4 Å². The Morgan fingerprint density at radius 2 is 1.84 bits per heavy atom. The highest BCUT2D eigenvalue weighted by atomic mass is 16.5. The van der Waals surface area contributed by atoms with E-state index in [1.54, 1.807) is 55.6 Å². The third-order valence-electron chi connectivity index (χ3n) is 4.17. The van der Waals surface area contributed by atoms with E-state index in [-0.39, 0.29) is 17.9 Å². The molecule has 1 aliphatic heterocycles. The van der Waals surface area contributed by atoms with E-state index in [0.29, 0.717) is 22.6 Å². The fourth-order valence-corrected chi connectivity index (χ4v) is 2.77. The number of methoxy groups -OCH3 is 1. The van der Waals surface area contributed by atoms with Gasteiger partial charge in [0.05, 0.1) is 18.4 Å². The number of ether oxygens (including phenoxy) is 1. The first kappa shape index (κ1) is 17.0. The van der Waals surface area contributed by atoms with Crippen LogP contribution in [0.25, 0.3) is 0 Å². The van der Waals surface area contributed by atoms with Gasteiger partial charge in [0.15, 0.2) is 0 Å². The number of nitrogens with one attached hydrogen (secondary N) is 3. The molecule has 1 atom stereocenters. The van der Waals surface area contributed by atoms with Crippen LogP contribution in [0.5, 0.6) is 5.75 Å². The molecule has 1 saturated heterocycles. The van der Waals surface area contributed by atoms with Gasteiger partial charge in [-0.2, -0.15) is 0 Å². The molecule has 0 bridgehead atoms. The second kappa shape index (κ2) is 7.81. The number of amides is 2. The van der Waals surface area contributed by atoms with Crippen LogP contribution in [-0.4, -0.2) is 38.1 Å². The van der Waals surface area contributed by atoms with Crippen LogP contribution in [0.4, 0.5) is 5.69 Å². The molecule has 0 radical (unpaired) electrons. The summed E-state index contributed by atoms with van der Waals surface area (Å²) in [5, 5.41) is 9.02. The number of anilines is 1. The maximum absolute atomic E-state index is 12.5. The zero-order valence-electron chi connectivity index (χ0n) is 14.0. The molecule has 25 heavy (non-hydrogen) atoms. The molecular weight excluding hydrogens is 318 g/mol. The van der Waals surface area contributed by atoms with Crippen LogP contribution in [0.2, 0.25) is 0 Å². The fraction of sp³-hybridized carbons (Fsp3) is 0.263. The van der Waals surface area contributed by atoms with Gasteiger partial charge in [-0.25, -0.2) is 0 Å². The lowest BCUT2D eigenvalue weighted by molar-refractivity contribution is 0.0941. The predicted molar refractivity (Wildman–Crippen MR) is 96.1 cm³/mol. The first-order valence-electron chi connectivity index (χ1n) is 8.23. The normalized spacial score (nSPS) is 16.3. The second-order valence-corrected chi connectivity index (χ2v) is 5.89. The van der Waals surface area contributed by atoms with Crippen molar-refractivity contribution in [2.45, 2.75) is 12.5 Å². The minimum Gasteiger partial charge on any atom is -0.497 e. The van der Waals surface area contributed by atoms with E-state index in [1.165, 1.54) is 0 Å². The topological polar surface area (TPSA) is 79.5 Å². The van der Waals surface area contributed by atoms with Crippen molar-refractivity contribution in [1.82, 2.24) is 10.6 Å². The van der Waals surface area contributed by atoms with E-state index in [4.69, 9.17) is 4.74 Å². The van der Waals surface area contributed by atoms with Gasteiger partial charge >= 0.3 is 0 Å². The van der Waals surface area contributed by atoms with Gasteiger partial charge in [0.2, 0.25) is 0 Å². The summed E-state index contributed by atoms with van der Waals surface area (Å²) >= 11 is 0. The molecule has 1 unspecified atom stereocenters. The van der Waals surface area contributed by atoms with Crippen molar-refractivity contribution in [2.75, 3.05) is 25.5 Å². The number of hydrogen-bond donors (Lipinski definition) is 3. The molecule has 1 aliphatic rings. The third kappa shape index (κ3) is 4.16. The van der Waals surface area contributed by atoms with Crippen LogP contribution < -0.4 is 20.7 Å². The molecule has 0 aliphatic carbocycles. The first-order chi connectivity index (χ1) is 12.2. The Morgan fingerprint density at radius 1 is 1.08 bits per heavy atom. The largest absolute Gasteiger partial charge is 0.497 e. The van der Waals surface area contributed by atoms with Crippen molar-refractivity contribution >= 4 is 17.5 Å². The Labute approximate surface area is 146 Å². The Hall–Kier alpha value is -2.86. The van der Waals surface area contributed by atoms with Gasteiger partial charge in [0, 0.05) is 18.2 Å². The van der Waals surface area contributed by atoms with Gasteiger partial charge in [-0.3, -0.25) is 9.59 Å². The Kier molecular flexibility index (Phi) is 5.30. The van der Waals surface area contributed by atoms with E-state index in [2.05, 4.69) is 16.0 Å². The lowest BCUT2D eigenvalue weighted by Crippen LogP contribution is -2.36. The SMILES string of the molecule is COc1ccc(C(=O)Nc2ccccc2C(=O)NC2CCNC2)cc1. The van der Waals surface area contributed by atoms with E-state index in [9.17, 15) is 9.59 Å². The predicted octanol–water partition coefficient (Wildman–Crippen LogP) is 2.04. The number of benzene rings is 2. The summed E-state index contributed by atoms with van der Waals surface area (Å²) in [6.07, 6.45) is 0.909. The van der Waals surface area contributed by atoms with Crippen molar-refractivity contribution in [3.63, 3.8) is 0 Å². The maximum Gasteiger partial charge on any atom is 0.255 e. The smallest absolute Gasteiger partial charge is 0.255 e. The molecule has 6 nitrogen and oxygen atoms in total. The number of rotatable bonds is 5. The van der Waals surface area contributed by atoms with Gasteiger partial charge < -0.3 is 20.7 Å². The van der Waals surface area contributed by atoms with E-state index < -0.39 is 0 Å². The Morgan fingerprint density at radius 3 is 2.52 bits per heavy atom. The van der Waals surface area contributed by atoms with E-state index >= 15 is 0 Å². The lowest BCUT2D eigenvalue weighted by Gasteiger charge is -2.14. The molecule has 3 rings (SSSR count). The number of carbonyl (C=O) groups excluding carboxylic acids is 2. The monoisotopic (exact) mass is 339 g/mol. The average Bonchev–Trinajstić information content (AvgIpc) is 3.15. The quantitative estimate of drug-likeness (QED) is 0.779. The summed E-state index contributed by atoms with van der Waals surface area (Å²) in [4.78, 5) is 25.0. The van der Waals surface area contributed by atoms with Gasteiger partial charge in [0.25, 0.3) is 11.8 Å². The number of para-hydroxylation sites is 1. The standard InChI is InChI=1S/C19H21N3O3/c1-25-15-8-6-13(7-9-15)18(23)22-17-5-3-2-4-16(17)19(24)21-14-10-11-20-12-14/h2-9,14,20H,10-12H2,1H3,(H,21,24)(H,22,23).